The molecule has 0 aromatic heterocycles. The van der Waals surface area contributed by atoms with Crippen LogP contribution in [0.4, 0.5) is 5.69 Å². The molecule has 0 aliphatic rings. The first-order chi connectivity index (χ1) is 8.49. The van der Waals surface area contributed by atoms with E-state index in [2.05, 4.69) is 0 Å². The van der Waals surface area contributed by atoms with Gasteiger partial charge >= 0.3 is 5.97 Å². The van der Waals surface area contributed by atoms with Gasteiger partial charge in [-0.25, -0.2) is 4.79 Å². The molecule has 0 saturated heterocycles. The van der Waals surface area contributed by atoms with Gasteiger partial charge in [-0.2, -0.15) is 0 Å². The molecule has 0 bridgehead atoms. The van der Waals surface area contributed by atoms with Gasteiger partial charge < -0.3 is 14.6 Å². The number of nitro benzene ring substituents is 1. The lowest BCUT2D eigenvalue weighted by atomic mass is 10.1. The number of aryl methyl sites for hydroxylation is 1. The Hall–Kier alpha value is -2.31. The van der Waals surface area contributed by atoms with Crippen LogP contribution in [0.1, 0.15) is 12.5 Å². The Balaban J connectivity index is 3.18. The summed E-state index contributed by atoms with van der Waals surface area (Å²) in [6, 6.07) is 2.66. The van der Waals surface area contributed by atoms with Crippen LogP contribution in [0.2, 0.25) is 0 Å². The number of hydrogen-bond donors (Lipinski definition) is 1. The fourth-order valence-corrected chi connectivity index (χ4v) is 1.46. The molecule has 0 spiro atoms. The van der Waals surface area contributed by atoms with Crippen LogP contribution < -0.4 is 9.47 Å². The van der Waals surface area contributed by atoms with E-state index in [1.165, 1.54) is 19.2 Å². The lowest BCUT2D eigenvalue weighted by Gasteiger charge is -2.10. The van der Waals surface area contributed by atoms with E-state index in [0.717, 1.165) is 0 Å². The third-order valence-corrected chi connectivity index (χ3v) is 2.29. The number of carbonyl (C=O) groups is 1. The average molecular weight is 255 g/mol. The fourth-order valence-electron chi connectivity index (χ4n) is 1.46. The molecule has 1 aromatic rings. The summed E-state index contributed by atoms with van der Waals surface area (Å²) >= 11 is 0. The lowest BCUT2D eigenvalue weighted by Crippen LogP contribution is -2.10. The van der Waals surface area contributed by atoms with Crippen LogP contribution >= 0.6 is 0 Å². The van der Waals surface area contributed by atoms with Crippen molar-refractivity contribution in [3.63, 3.8) is 0 Å². The highest BCUT2D eigenvalue weighted by molar-refractivity contribution is 5.69. The third kappa shape index (κ3) is 3.09. The van der Waals surface area contributed by atoms with Gasteiger partial charge in [0.2, 0.25) is 0 Å². The molecule has 0 radical (unpaired) electrons. The number of nitro groups is 1. The second-order valence-electron chi connectivity index (χ2n) is 3.42. The SMILES string of the molecule is CCc1cc(OC)c(OCC(=O)O)cc1[N+](=O)[O-]. The van der Waals surface area contributed by atoms with E-state index in [9.17, 15) is 14.9 Å². The van der Waals surface area contributed by atoms with Crippen molar-refractivity contribution in [3.05, 3.63) is 27.8 Å². The topological polar surface area (TPSA) is 98.9 Å². The van der Waals surface area contributed by atoms with Crippen molar-refractivity contribution in [1.82, 2.24) is 0 Å². The summed E-state index contributed by atoms with van der Waals surface area (Å²) < 4.78 is 9.97. The van der Waals surface area contributed by atoms with E-state index in [1.54, 1.807) is 6.92 Å². The Morgan fingerprint density at radius 1 is 1.44 bits per heavy atom. The molecular weight excluding hydrogens is 242 g/mol. The van der Waals surface area contributed by atoms with Gasteiger partial charge in [0.15, 0.2) is 18.1 Å². The second-order valence-corrected chi connectivity index (χ2v) is 3.42. The number of carboxylic acid groups (broad SMARTS) is 1. The van der Waals surface area contributed by atoms with Crippen molar-refractivity contribution in [2.24, 2.45) is 0 Å². The van der Waals surface area contributed by atoms with Crippen molar-refractivity contribution in [2.75, 3.05) is 13.7 Å². The molecule has 0 amide bonds. The van der Waals surface area contributed by atoms with E-state index in [0.29, 0.717) is 12.0 Å². The third-order valence-electron chi connectivity index (χ3n) is 2.29. The minimum atomic E-state index is -1.17. The zero-order chi connectivity index (χ0) is 13.7. The molecule has 0 aliphatic carbocycles. The van der Waals surface area contributed by atoms with E-state index in [4.69, 9.17) is 14.6 Å². The average Bonchev–Trinajstić information content (AvgIpc) is 2.34. The Labute approximate surface area is 103 Å². The second kappa shape index (κ2) is 5.85. The predicted octanol–water partition coefficient (Wildman–Crippen LogP) is 1.63. The summed E-state index contributed by atoms with van der Waals surface area (Å²) in [5.41, 5.74) is 0.387. The fraction of sp³-hybridized carbons (Fsp3) is 0.364. The normalized spacial score (nSPS) is 9.89. The van der Waals surface area contributed by atoms with Gasteiger partial charge in [-0.15, -0.1) is 0 Å². The van der Waals surface area contributed by atoms with Crippen molar-refractivity contribution < 1.29 is 24.3 Å². The number of aliphatic carboxylic acids is 1. The molecule has 0 heterocycles. The first-order valence-corrected chi connectivity index (χ1v) is 5.19. The minimum Gasteiger partial charge on any atom is -0.493 e. The molecule has 7 nitrogen and oxygen atoms in total. The van der Waals surface area contributed by atoms with Crippen LogP contribution in [0.15, 0.2) is 12.1 Å². The first-order valence-electron chi connectivity index (χ1n) is 5.19. The molecule has 1 aromatic carbocycles. The van der Waals surface area contributed by atoms with Crippen molar-refractivity contribution in [3.8, 4) is 11.5 Å². The molecule has 98 valence electrons. The molecule has 1 N–H and O–H groups in total. The van der Waals surface area contributed by atoms with Crippen LogP contribution in [0.25, 0.3) is 0 Å². The van der Waals surface area contributed by atoms with Crippen molar-refractivity contribution in [1.29, 1.82) is 0 Å². The highest BCUT2D eigenvalue weighted by Gasteiger charge is 2.19. The molecule has 7 heteroatoms. The number of benzene rings is 1. The van der Waals surface area contributed by atoms with E-state index in [1.807, 2.05) is 0 Å². The van der Waals surface area contributed by atoms with Gasteiger partial charge in [0.25, 0.3) is 5.69 Å². The maximum Gasteiger partial charge on any atom is 0.341 e. The Kier molecular flexibility index (Phi) is 4.47. The van der Waals surface area contributed by atoms with Crippen LogP contribution in [0.3, 0.4) is 0 Å². The van der Waals surface area contributed by atoms with Crippen molar-refractivity contribution in [2.45, 2.75) is 13.3 Å². The predicted molar refractivity (Wildman–Crippen MR) is 62.2 cm³/mol. The van der Waals surface area contributed by atoms with Crippen LogP contribution in [-0.2, 0) is 11.2 Å². The molecular formula is C11H13NO6. The number of nitrogens with zero attached hydrogens (tertiary/aromatic N) is 1. The van der Waals surface area contributed by atoms with E-state index >= 15 is 0 Å². The quantitative estimate of drug-likeness (QED) is 0.612. The maximum atomic E-state index is 10.9. The van der Waals surface area contributed by atoms with Gasteiger partial charge in [0, 0.05) is 5.56 Å². The molecule has 0 fully saturated rings. The number of carboxylic acids is 1. The number of ether oxygens (including phenoxy) is 2. The molecule has 0 unspecified atom stereocenters. The first kappa shape index (κ1) is 13.8. The lowest BCUT2D eigenvalue weighted by molar-refractivity contribution is -0.385. The van der Waals surface area contributed by atoms with Crippen LogP contribution in [-0.4, -0.2) is 29.7 Å². The number of hydrogen-bond acceptors (Lipinski definition) is 5. The van der Waals surface area contributed by atoms with Gasteiger partial charge in [-0.05, 0) is 12.5 Å². The zero-order valence-electron chi connectivity index (χ0n) is 10.0. The summed E-state index contributed by atoms with van der Waals surface area (Å²) in [6.07, 6.45) is 0.464. The Bertz CT molecular complexity index is 471. The van der Waals surface area contributed by atoms with E-state index < -0.39 is 17.5 Å². The molecule has 0 saturated carbocycles. The van der Waals surface area contributed by atoms with Crippen LogP contribution in [0, 0.1) is 10.1 Å². The Morgan fingerprint density at radius 3 is 2.56 bits per heavy atom. The Morgan fingerprint density at radius 2 is 2.11 bits per heavy atom. The highest BCUT2D eigenvalue weighted by atomic mass is 16.6. The largest absolute Gasteiger partial charge is 0.493 e. The summed E-state index contributed by atoms with van der Waals surface area (Å²) in [7, 11) is 1.38. The monoisotopic (exact) mass is 255 g/mol. The molecule has 0 atom stereocenters. The summed E-state index contributed by atoms with van der Waals surface area (Å²) in [6.45, 7) is 1.19. The van der Waals surface area contributed by atoms with E-state index in [-0.39, 0.29) is 17.2 Å². The number of rotatable bonds is 6. The summed E-state index contributed by atoms with van der Waals surface area (Å²) in [4.78, 5) is 20.7. The smallest absolute Gasteiger partial charge is 0.341 e. The van der Waals surface area contributed by atoms with Gasteiger partial charge in [-0.3, -0.25) is 10.1 Å². The standard InChI is InChI=1S/C11H13NO6/c1-3-7-4-9(17-2)10(18-6-11(13)14)5-8(7)12(15)16/h4-5H,3,6H2,1-2H3,(H,13,14). The summed E-state index contributed by atoms with van der Waals surface area (Å²) in [5, 5.41) is 19.4. The summed E-state index contributed by atoms with van der Waals surface area (Å²) in [5.74, 6) is -0.846. The van der Waals surface area contributed by atoms with Crippen LogP contribution in [0.5, 0.6) is 11.5 Å². The van der Waals surface area contributed by atoms with Gasteiger partial charge in [0.1, 0.15) is 0 Å². The minimum absolute atomic E-state index is 0.0452. The van der Waals surface area contributed by atoms with Crippen molar-refractivity contribution >= 4 is 11.7 Å². The molecule has 0 aliphatic heterocycles. The molecule has 1 rings (SSSR count). The zero-order valence-corrected chi connectivity index (χ0v) is 10.0. The molecule has 18 heavy (non-hydrogen) atoms. The van der Waals surface area contributed by atoms with Gasteiger partial charge in [0.05, 0.1) is 18.1 Å². The number of methoxy groups -OCH3 is 1. The van der Waals surface area contributed by atoms with Gasteiger partial charge in [-0.1, -0.05) is 6.92 Å². The highest BCUT2D eigenvalue weighted by Crippen LogP contribution is 2.34. The maximum absolute atomic E-state index is 10.9.